The fraction of sp³-hybridized carbons (Fsp3) is 0.280. The first-order valence-corrected chi connectivity index (χ1v) is 10.2. The molecule has 1 unspecified atom stereocenters. The largest absolute Gasteiger partial charge is 0.496 e. The normalized spacial score (nSPS) is 12.0. The van der Waals surface area contributed by atoms with Crippen LogP contribution < -0.4 is 14.8 Å². The third-order valence-electron chi connectivity index (χ3n) is 4.99. The van der Waals surface area contributed by atoms with Gasteiger partial charge in [0.2, 0.25) is 5.91 Å². The number of carbonyl (C=O) groups is 1. The maximum absolute atomic E-state index is 12.4. The Labute approximate surface area is 183 Å². The summed E-state index contributed by atoms with van der Waals surface area (Å²) >= 11 is 0. The number of hydrogen-bond donors (Lipinski definition) is 1. The fourth-order valence-electron chi connectivity index (χ4n) is 3.44. The molecular weight excluding hydrogens is 390 g/mol. The van der Waals surface area contributed by atoms with Crippen LogP contribution in [0.5, 0.6) is 11.5 Å². The Kier molecular flexibility index (Phi) is 7.13. The van der Waals surface area contributed by atoms with Crippen molar-refractivity contribution in [3.05, 3.63) is 82.7 Å². The van der Waals surface area contributed by atoms with E-state index < -0.39 is 0 Å². The molecule has 3 rings (SSSR count). The number of aromatic nitrogens is 2. The van der Waals surface area contributed by atoms with Gasteiger partial charge < -0.3 is 14.8 Å². The summed E-state index contributed by atoms with van der Waals surface area (Å²) in [5.41, 5.74) is 4.86. The molecule has 0 saturated carbocycles. The minimum Gasteiger partial charge on any atom is -0.496 e. The van der Waals surface area contributed by atoms with Crippen LogP contribution in [0.4, 0.5) is 0 Å². The molecule has 1 amide bonds. The number of ether oxygens (including phenoxy) is 2. The van der Waals surface area contributed by atoms with Crippen LogP contribution in [0.2, 0.25) is 0 Å². The fourth-order valence-corrected chi connectivity index (χ4v) is 3.44. The molecular formula is C25H29N3O3. The van der Waals surface area contributed by atoms with E-state index in [1.165, 1.54) is 6.08 Å². The molecule has 0 spiro atoms. The van der Waals surface area contributed by atoms with E-state index in [9.17, 15) is 4.79 Å². The third kappa shape index (κ3) is 5.98. The number of benzene rings is 2. The molecule has 3 aromatic rings. The van der Waals surface area contributed by atoms with E-state index in [0.29, 0.717) is 6.61 Å². The van der Waals surface area contributed by atoms with Crippen molar-refractivity contribution in [3.63, 3.8) is 0 Å². The van der Waals surface area contributed by atoms with Crippen molar-refractivity contribution >= 4 is 12.0 Å². The molecule has 1 atom stereocenters. The zero-order valence-corrected chi connectivity index (χ0v) is 18.7. The van der Waals surface area contributed by atoms with Gasteiger partial charge in [-0.05, 0) is 62.2 Å². The molecule has 2 aromatic carbocycles. The maximum atomic E-state index is 12.4. The van der Waals surface area contributed by atoms with E-state index in [1.807, 2.05) is 76.5 Å². The summed E-state index contributed by atoms with van der Waals surface area (Å²) in [7, 11) is 3.51. The summed E-state index contributed by atoms with van der Waals surface area (Å²) in [4.78, 5) is 12.4. The van der Waals surface area contributed by atoms with Gasteiger partial charge in [0, 0.05) is 30.4 Å². The highest BCUT2D eigenvalue weighted by Crippen LogP contribution is 2.23. The number of nitrogens with one attached hydrogen (secondary N) is 1. The highest BCUT2D eigenvalue weighted by atomic mass is 16.5. The SMILES string of the molecule is COc1ccc(/C=C/C(=O)NC(C)c2cn(C)nc2C)cc1COc1cccc(C)c1. The molecule has 1 N–H and O–H groups in total. The van der Waals surface area contributed by atoms with E-state index >= 15 is 0 Å². The number of rotatable bonds is 8. The Balaban J connectivity index is 1.66. The topological polar surface area (TPSA) is 65.4 Å². The van der Waals surface area contributed by atoms with Crippen molar-refractivity contribution < 1.29 is 14.3 Å². The maximum Gasteiger partial charge on any atom is 0.244 e. The molecule has 1 aromatic heterocycles. The number of hydrogen-bond acceptors (Lipinski definition) is 4. The van der Waals surface area contributed by atoms with Crippen LogP contribution in [-0.4, -0.2) is 22.8 Å². The third-order valence-corrected chi connectivity index (χ3v) is 4.99. The Morgan fingerprint density at radius 1 is 1.23 bits per heavy atom. The Bertz CT molecular complexity index is 1090. The first-order valence-electron chi connectivity index (χ1n) is 10.2. The van der Waals surface area contributed by atoms with Gasteiger partial charge in [0.25, 0.3) is 0 Å². The quantitative estimate of drug-likeness (QED) is 0.546. The minimum atomic E-state index is -0.163. The van der Waals surface area contributed by atoms with Gasteiger partial charge in [0.15, 0.2) is 0 Å². The van der Waals surface area contributed by atoms with E-state index in [4.69, 9.17) is 9.47 Å². The zero-order valence-electron chi connectivity index (χ0n) is 18.7. The van der Waals surface area contributed by atoms with Gasteiger partial charge in [0.05, 0.1) is 18.8 Å². The van der Waals surface area contributed by atoms with Crippen LogP contribution in [0.1, 0.15) is 40.9 Å². The van der Waals surface area contributed by atoms with Gasteiger partial charge in [-0.3, -0.25) is 9.48 Å². The molecule has 6 nitrogen and oxygen atoms in total. The minimum absolute atomic E-state index is 0.125. The summed E-state index contributed by atoms with van der Waals surface area (Å²) in [6.07, 6.45) is 5.25. The summed E-state index contributed by atoms with van der Waals surface area (Å²) < 4.78 is 13.1. The second-order valence-electron chi connectivity index (χ2n) is 7.58. The molecule has 0 aliphatic rings. The predicted molar refractivity (Wildman–Crippen MR) is 122 cm³/mol. The highest BCUT2D eigenvalue weighted by Gasteiger charge is 2.13. The van der Waals surface area contributed by atoms with E-state index in [-0.39, 0.29) is 11.9 Å². The van der Waals surface area contributed by atoms with Gasteiger partial charge in [-0.25, -0.2) is 0 Å². The lowest BCUT2D eigenvalue weighted by Crippen LogP contribution is -2.24. The molecule has 0 aliphatic carbocycles. The predicted octanol–water partition coefficient (Wildman–Crippen LogP) is 4.52. The Morgan fingerprint density at radius 2 is 2.03 bits per heavy atom. The number of carbonyl (C=O) groups excluding carboxylic acids is 1. The van der Waals surface area contributed by atoms with Gasteiger partial charge >= 0.3 is 0 Å². The summed E-state index contributed by atoms with van der Waals surface area (Å²) in [5, 5.41) is 7.31. The lowest BCUT2D eigenvalue weighted by atomic mass is 10.1. The summed E-state index contributed by atoms with van der Waals surface area (Å²) in [6.45, 7) is 6.29. The molecule has 0 fully saturated rings. The molecule has 0 aliphatic heterocycles. The zero-order chi connectivity index (χ0) is 22.4. The van der Waals surface area contributed by atoms with Crippen molar-refractivity contribution in [2.24, 2.45) is 7.05 Å². The van der Waals surface area contributed by atoms with Gasteiger partial charge in [-0.15, -0.1) is 0 Å². The molecule has 0 saturated heterocycles. The van der Waals surface area contributed by atoms with Crippen LogP contribution >= 0.6 is 0 Å². The smallest absolute Gasteiger partial charge is 0.244 e. The first-order chi connectivity index (χ1) is 14.9. The van der Waals surface area contributed by atoms with Crippen LogP contribution in [0, 0.1) is 13.8 Å². The Morgan fingerprint density at radius 3 is 2.71 bits per heavy atom. The average molecular weight is 420 g/mol. The van der Waals surface area contributed by atoms with Crippen molar-refractivity contribution in [2.75, 3.05) is 7.11 Å². The van der Waals surface area contributed by atoms with Crippen LogP contribution in [0.3, 0.4) is 0 Å². The number of aryl methyl sites for hydroxylation is 3. The summed E-state index contributed by atoms with van der Waals surface area (Å²) in [6, 6.07) is 13.5. The Hall–Kier alpha value is -3.54. The van der Waals surface area contributed by atoms with E-state index in [1.54, 1.807) is 17.9 Å². The summed E-state index contributed by atoms with van der Waals surface area (Å²) in [5.74, 6) is 1.39. The number of amides is 1. The van der Waals surface area contributed by atoms with Gasteiger partial charge in [-0.1, -0.05) is 18.2 Å². The molecule has 31 heavy (non-hydrogen) atoms. The molecule has 6 heteroatoms. The first kappa shape index (κ1) is 22.2. The standard InChI is InChI=1S/C25H29N3O3/c1-17-7-6-8-22(13-17)31-16-21-14-20(9-11-24(21)30-5)10-12-25(29)26-18(2)23-15-28(4)27-19(23)3/h6-15,18H,16H2,1-5H3,(H,26,29)/b12-10+. The van der Waals surface area contributed by atoms with Crippen LogP contribution in [0.25, 0.3) is 6.08 Å². The van der Waals surface area contributed by atoms with Crippen molar-refractivity contribution in [1.29, 1.82) is 0 Å². The van der Waals surface area contributed by atoms with Gasteiger partial charge in [0.1, 0.15) is 18.1 Å². The molecule has 0 radical (unpaired) electrons. The highest BCUT2D eigenvalue weighted by molar-refractivity contribution is 5.92. The van der Waals surface area contributed by atoms with Crippen LogP contribution in [0.15, 0.2) is 54.7 Å². The molecule has 162 valence electrons. The number of nitrogens with zero attached hydrogens (tertiary/aromatic N) is 2. The van der Waals surface area contributed by atoms with E-state index in [2.05, 4.69) is 10.4 Å². The second kappa shape index (κ2) is 9.98. The van der Waals surface area contributed by atoms with Crippen molar-refractivity contribution in [1.82, 2.24) is 15.1 Å². The van der Waals surface area contributed by atoms with Crippen LogP contribution in [-0.2, 0) is 18.4 Å². The van der Waals surface area contributed by atoms with E-state index in [0.717, 1.165) is 39.4 Å². The monoisotopic (exact) mass is 419 g/mol. The lowest BCUT2D eigenvalue weighted by molar-refractivity contribution is -0.117. The van der Waals surface area contributed by atoms with Crippen molar-refractivity contribution in [3.8, 4) is 11.5 Å². The van der Waals surface area contributed by atoms with Crippen molar-refractivity contribution in [2.45, 2.75) is 33.4 Å². The lowest BCUT2D eigenvalue weighted by Gasteiger charge is -2.12. The molecule has 1 heterocycles. The molecule has 0 bridgehead atoms. The van der Waals surface area contributed by atoms with Gasteiger partial charge in [-0.2, -0.15) is 5.10 Å². The second-order valence-corrected chi connectivity index (χ2v) is 7.58. The number of methoxy groups -OCH3 is 1. The average Bonchev–Trinajstić information content (AvgIpc) is 3.09.